The highest BCUT2D eigenvalue weighted by Gasteiger charge is 2.14. The monoisotopic (exact) mass is 261 g/mol. The molecule has 0 spiro atoms. The standard InChI is InChI=1S/C12H11N3O4/c13-8-3-1-2-7(10(8)11(17)18)6-15-5-4-9(16)14-12(15)19/h1-5H,6,13H2,(H,17,18)(H,14,16,19). The maximum absolute atomic E-state index is 11.5. The van der Waals surface area contributed by atoms with Gasteiger partial charge in [-0.15, -0.1) is 0 Å². The van der Waals surface area contributed by atoms with E-state index in [1.54, 1.807) is 12.1 Å². The number of nitrogens with two attached hydrogens (primary N) is 1. The molecule has 2 rings (SSSR count). The Hall–Kier alpha value is -2.83. The van der Waals surface area contributed by atoms with Gasteiger partial charge in [-0.1, -0.05) is 12.1 Å². The number of carbonyl (C=O) groups is 1. The Labute approximate surface area is 106 Å². The second kappa shape index (κ2) is 4.81. The summed E-state index contributed by atoms with van der Waals surface area (Å²) in [6.45, 7) is 0.0162. The van der Waals surface area contributed by atoms with Gasteiger partial charge in [0.15, 0.2) is 0 Å². The van der Waals surface area contributed by atoms with Gasteiger partial charge in [0.05, 0.1) is 12.1 Å². The van der Waals surface area contributed by atoms with Crippen molar-refractivity contribution in [2.75, 3.05) is 5.73 Å². The molecule has 19 heavy (non-hydrogen) atoms. The van der Waals surface area contributed by atoms with Crippen LogP contribution in [0.1, 0.15) is 15.9 Å². The van der Waals surface area contributed by atoms with E-state index >= 15 is 0 Å². The third kappa shape index (κ3) is 2.54. The summed E-state index contributed by atoms with van der Waals surface area (Å²) < 4.78 is 1.20. The van der Waals surface area contributed by atoms with Crippen LogP contribution in [-0.2, 0) is 6.54 Å². The van der Waals surface area contributed by atoms with Gasteiger partial charge < -0.3 is 10.8 Å². The average molecular weight is 261 g/mol. The summed E-state index contributed by atoms with van der Waals surface area (Å²) in [7, 11) is 0. The lowest BCUT2D eigenvalue weighted by atomic mass is 10.1. The van der Waals surface area contributed by atoms with Crippen LogP contribution in [0.25, 0.3) is 0 Å². The Kier molecular flexibility index (Phi) is 3.19. The predicted molar refractivity (Wildman–Crippen MR) is 68.2 cm³/mol. The number of rotatable bonds is 3. The SMILES string of the molecule is Nc1cccc(Cn2ccc(=O)[nH]c2=O)c1C(=O)O. The fraction of sp³-hybridized carbons (Fsp3) is 0.0833. The summed E-state index contributed by atoms with van der Waals surface area (Å²) in [5, 5.41) is 9.11. The van der Waals surface area contributed by atoms with Crippen LogP contribution in [0.5, 0.6) is 0 Å². The molecule has 4 N–H and O–H groups in total. The summed E-state index contributed by atoms with van der Waals surface area (Å²) >= 11 is 0. The maximum atomic E-state index is 11.5. The van der Waals surface area contributed by atoms with Crippen LogP contribution < -0.4 is 17.0 Å². The normalized spacial score (nSPS) is 10.3. The van der Waals surface area contributed by atoms with Gasteiger partial charge in [-0.05, 0) is 11.6 Å². The lowest BCUT2D eigenvalue weighted by molar-refractivity contribution is 0.0696. The summed E-state index contributed by atoms with van der Waals surface area (Å²) in [6, 6.07) is 5.84. The zero-order valence-corrected chi connectivity index (χ0v) is 9.79. The first-order valence-corrected chi connectivity index (χ1v) is 5.39. The van der Waals surface area contributed by atoms with Gasteiger partial charge in [0.25, 0.3) is 5.56 Å². The number of nitrogens with zero attached hydrogens (tertiary/aromatic N) is 1. The summed E-state index contributed by atoms with van der Waals surface area (Å²) in [5.74, 6) is -1.16. The Bertz CT molecular complexity index is 745. The fourth-order valence-electron chi connectivity index (χ4n) is 1.76. The van der Waals surface area contributed by atoms with Crippen molar-refractivity contribution in [2.24, 2.45) is 0 Å². The molecule has 0 unspecified atom stereocenters. The molecular formula is C12H11N3O4. The predicted octanol–water partition coefficient (Wildman–Crippen LogP) is -0.135. The topological polar surface area (TPSA) is 118 Å². The van der Waals surface area contributed by atoms with Gasteiger partial charge in [-0.2, -0.15) is 0 Å². The largest absolute Gasteiger partial charge is 0.478 e. The zero-order chi connectivity index (χ0) is 14.0. The van der Waals surface area contributed by atoms with E-state index in [9.17, 15) is 14.4 Å². The zero-order valence-electron chi connectivity index (χ0n) is 9.79. The van der Waals surface area contributed by atoms with Crippen molar-refractivity contribution >= 4 is 11.7 Å². The van der Waals surface area contributed by atoms with Crippen LogP contribution in [0.2, 0.25) is 0 Å². The van der Waals surface area contributed by atoms with E-state index in [2.05, 4.69) is 4.98 Å². The van der Waals surface area contributed by atoms with Gasteiger partial charge >= 0.3 is 11.7 Å². The lowest BCUT2D eigenvalue weighted by Gasteiger charge is -2.09. The van der Waals surface area contributed by atoms with Gasteiger partial charge in [0.2, 0.25) is 0 Å². The smallest absolute Gasteiger partial charge is 0.338 e. The van der Waals surface area contributed by atoms with Gasteiger partial charge in [0, 0.05) is 18.0 Å². The third-order valence-corrected chi connectivity index (χ3v) is 2.63. The molecule has 2 aromatic rings. The number of H-pyrrole nitrogens is 1. The molecule has 1 aromatic heterocycles. The number of nitrogens with one attached hydrogen (secondary N) is 1. The lowest BCUT2D eigenvalue weighted by Crippen LogP contribution is -2.29. The number of aromatic amines is 1. The van der Waals surface area contributed by atoms with Gasteiger partial charge in [-0.3, -0.25) is 14.3 Å². The maximum Gasteiger partial charge on any atom is 0.338 e. The molecule has 0 radical (unpaired) electrons. The second-order valence-corrected chi connectivity index (χ2v) is 3.92. The first-order chi connectivity index (χ1) is 8.99. The second-order valence-electron chi connectivity index (χ2n) is 3.92. The van der Waals surface area contributed by atoms with E-state index in [4.69, 9.17) is 10.8 Å². The number of aromatic nitrogens is 2. The van der Waals surface area contributed by atoms with Gasteiger partial charge in [-0.25, -0.2) is 9.59 Å². The number of carboxylic acids is 1. The molecule has 7 nitrogen and oxygen atoms in total. The minimum Gasteiger partial charge on any atom is -0.478 e. The van der Waals surface area contributed by atoms with E-state index < -0.39 is 17.2 Å². The third-order valence-electron chi connectivity index (χ3n) is 2.63. The Morgan fingerprint density at radius 2 is 2.05 bits per heavy atom. The Morgan fingerprint density at radius 1 is 1.32 bits per heavy atom. The molecule has 0 bridgehead atoms. The summed E-state index contributed by atoms with van der Waals surface area (Å²) in [4.78, 5) is 35.7. The quantitative estimate of drug-likeness (QED) is 0.665. The molecule has 0 aliphatic rings. The number of aromatic carboxylic acids is 1. The van der Waals surface area contributed by atoms with Crippen molar-refractivity contribution in [1.29, 1.82) is 0 Å². The highest BCUT2D eigenvalue weighted by Crippen LogP contribution is 2.17. The molecule has 0 amide bonds. The van der Waals surface area contributed by atoms with Crippen LogP contribution in [0.3, 0.4) is 0 Å². The molecule has 0 aliphatic heterocycles. The van der Waals surface area contributed by atoms with Crippen LogP contribution in [0, 0.1) is 0 Å². The van der Waals surface area contributed by atoms with Crippen LogP contribution in [-0.4, -0.2) is 20.6 Å². The highest BCUT2D eigenvalue weighted by molar-refractivity contribution is 5.95. The number of hydrogen-bond acceptors (Lipinski definition) is 4. The van der Waals surface area contributed by atoms with Crippen molar-refractivity contribution in [2.45, 2.75) is 6.54 Å². The number of nitrogen functional groups attached to an aromatic ring is 1. The number of carboxylic acid groups (broad SMARTS) is 1. The minimum absolute atomic E-state index is 0.0162. The van der Waals surface area contributed by atoms with Crippen LogP contribution in [0.4, 0.5) is 5.69 Å². The first-order valence-electron chi connectivity index (χ1n) is 5.39. The number of benzene rings is 1. The average Bonchev–Trinajstić information content (AvgIpc) is 2.32. The molecule has 1 aromatic carbocycles. The molecule has 0 atom stereocenters. The molecule has 7 heteroatoms. The molecule has 98 valence electrons. The molecule has 1 heterocycles. The highest BCUT2D eigenvalue weighted by atomic mass is 16.4. The molecular weight excluding hydrogens is 250 g/mol. The number of hydrogen-bond donors (Lipinski definition) is 3. The van der Waals surface area contributed by atoms with E-state index in [0.29, 0.717) is 5.56 Å². The Balaban J connectivity index is 2.50. The van der Waals surface area contributed by atoms with E-state index in [-0.39, 0.29) is 17.8 Å². The summed E-state index contributed by atoms with van der Waals surface area (Å²) in [5.41, 5.74) is 4.98. The van der Waals surface area contributed by atoms with Crippen molar-refractivity contribution in [3.63, 3.8) is 0 Å². The van der Waals surface area contributed by atoms with Crippen molar-refractivity contribution in [1.82, 2.24) is 9.55 Å². The molecule has 0 saturated heterocycles. The van der Waals surface area contributed by atoms with E-state index in [1.165, 1.54) is 22.9 Å². The Morgan fingerprint density at radius 3 is 2.68 bits per heavy atom. The van der Waals surface area contributed by atoms with Crippen LogP contribution in [0.15, 0.2) is 40.1 Å². The fourth-order valence-corrected chi connectivity index (χ4v) is 1.76. The molecule has 0 aliphatic carbocycles. The number of anilines is 1. The molecule has 0 saturated carbocycles. The van der Waals surface area contributed by atoms with Crippen molar-refractivity contribution in [3.05, 3.63) is 62.4 Å². The first kappa shape index (κ1) is 12.6. The molecule has 0 fully saturated rings. The van der Waals surface area contributed by atoms with Crippen molar-refractivity contribution in [3.8, 4) is 0 Å². The van der Waals surface area contributed by atoms with E-state index in [0.717, 1.165) is 0 Å². The van der Waals surface area contributed by atoms with E-state index in [1.807, 2.05) is 0 Å². The van der Waals surface area contributed by atoms with Gasteiger partial charge in [0.1, 0.15) is 0 Å². The minimum atomic E-state index is -1.16. The van der Waals surface area contributed by atoms with Crippen LogP contribution >= 0.6 is 0 Å². The summed E-state index contributed by atoms with van der Waals surface area (Å²) in [6.07, 6.45) is 1.30. The van der Waals surface area contributed by atoms with Crippen molar-refractivity contribution < 1.29 is 9.90 Å².